The van der Waals surface area contributed by atoms with Crippen LogP contribution in [0.15, 0.2) is 60.7 Å². The molecular formula is C33H40FN5O4. The Morgan fingerprint density at radius 1 is 0.884 bits per heavy atom. The van der Waals surface area contributed by atoms with Gasteiger partial charge in [0, 0.05) is 61.6 Å². The second-order valence-electron chi connectivity index (χ2n) is 11.1. The van der Waals surface area contributed by atoms with Crippen molar-refractivity contribution in [3.8, 4) is 11.5 Å². The quantitative estimate of drug-likeness (QED) is 0.339. The molecule has 3 aromatic rings. The van der Waals surface area contributed by atoms with Crippen LogP contribution in [0.1, 0.15) is 52.0 Å². The molecule has 4 N–H and O–H groups in total. The van der Waals surface area contributed by atoms with Crippen molar-refractivity contribution in [2.24, 2.45) is 5.73 Å². The number of carbonyl (C=O) groups excluding carboxylic acids is 2. The van der Waals surface area contributed by atoms with E-state index in [0.717, 1.165) is 44.3 Å². The molecule has 1 saturated heterocycles. The summed E-state index contributed by atoms with van der Waals surface area (Å²) < 4.78 is 25.0. The average Bonchev–Trinajstić information content (AvgIpc) is 3.03. The van der Waals surface area contributed by atoms with E-state index in [1.807, 2.05) is 12.1 Å². The van der Waals surface area contributed by atoms with Crippen molar-refractivity contribution in [2.75, 3.05) is 50.6 Å². The number of benzene rings is 3. The van der Waals surface area contributed by atoms with E-state index in [9.17, 15) is 14.0 Å². The second kappa shape index (κ2) is 13.9. The van der Waals surface area contributed by atoms with Crippen LogP contribution < -0.4 is 30.7 Å². The molecule has 1 saturated carbocycles. The highest BCUT2D eigenvalue weighted by molar-refractivity contribution is 6.06. The summed E-state index contributed by atoms with van der Waals surface area (Å²) in [5, 5.41) is 6.13. The molecule has 228 valence electrons. The van der Waals surface area contributed by atoms with Crippen molar-refractivity contribution < 1.29 is 23.5 Å². The van der Waals surface area contributed by atoms with E-state index in [-0.39, 0.29) is 29.7 Å². The number of hydrogen-bond donors (Lipinski definition) is 3. The lowest BCUT2D eigenvalue weighted by Gasteiger charge is -2.36. The molecule has 1 aliphatic carbocycles. The molecule has 43 heavy (non-hydrogen) atoms. The zero-order valence-corrected chi connectivity index (χ0v) is 24.8. The first-order valence-electron chi connectivity index (χ1n) is 14.8. The standard InChI is InChI=1S/C33H40FN5O4/c1-42-30-14-13-23(20-31(30)43-2)33(41)37-28-19-22(32(40)36-27-9-5-4-8-26(27)35)11-12-24(28)21-38-15-17-39(18-16-38)29-10-6-3-7-25(29)34/h3,6-7,10-14,19-20,26-27H,4-5,8-9,15-18,21,35H2,1-2H3,(H,36,40)(H,37,41). The fraction of sp³-hybridized carbons (Fsp3) is 0.394. The highest BCUT2D eigenvalue weighted by Crippen LogP contribution is 2.29. The normalized spacial score (nSPS) is 19.0. The molecule has 0 bridgehead atoms. The van der Waals surface area contributed by atoms with Gasteiger partial charge in [0.1, 0.15) is 5.82 Å². The summed E-state index contributed by atoms with van der Waals surface area (Å²) >= 11 is 0. The first-order valence-corrected chi connectivity index (χ1v) is 14.8. The molecule has 0 radical (unpaired) electrons. The van der Waals surface area contributed by atoms with Gasteiger partial charge < -0.3 is 30.7 Å². The maximum absolute atomic E-state index is 14.3. The maximum Gasteiger partial charge on any atom is 0.255 e. The van der Waals surface area contributed by atoms with Crippen molar-refractivity contribution in [1.82, 2.24) is 10.2 Å². The Labute approximate surface area is 252 Å². The Balaban J connectivity index is 1.35. The number of methoxy groups -OCH3 is 2. The number of hydrogen-bond acceptors (Lipinski definition) is 7. The van der Waals surface area contributed by atoms with E-state index in [2.05, 4.69) is 20.4 Å². The smallest absolute Gasteiger partial charge is 0.255 e. The lowest BCUT2D eigenvalue weighted by atomic mass is 9.91. The van der Waals surface area contributed by atoms with Gasteiger partial charge in [0.2, 0.25) is 0 Å². The van der Waals surface area contributed by atoms with E-state index in [1.54, 1.807) is 42.5 Å². The Kier molecular flexibility index (Phi) is 9.79. The minimum atomic E-state index is -0.335. The van der Waals surface area contributed by atoms with E-state index in [1.165, 1.54) is 20.3 Å². The minimum absolute atomic E-state index is 0.0655. The number of para-hydroxylation sites is 1. The number of nitrogens with one attached hydrogen (secondary N) is 2. The summed E-state index contributed by atoms with van der Waals surface area (Å²) in [5.41, 5.74) is 9.15. The number of piperazine rings is 1. The van der Waals surface area contributed by atoms with Gasteiger partial charge >= 0.3 is 0 Å². The molecule has 0 aromatic heterocycles. The zero-order chi connectivity index (χ0) is 30.3. The number of ether oxygens (including phenoxy) is 2. The lowest BCUT2D eigenvalue weighted by molar-refractivity contribution is 0.0920. The highest BCUT2D eigenvalue weighted by atomic mass is 19.1. The molecule has 9 nitrogen and oxygen atoms in total. The van der Waals surface area contributed by atoms with E-state index < -0.39 is 0 Å². The summed E-state index contributed by atoms with van der Waals surface area (Å²) in [7, 11) is 3.06. The third kappa shape index (κ3) is 7.26. The van der Waals surface area contributed by atoms with E-state index >= 15 is 0 Å². The molecule has 10 heteroatoms. The number of amides is 2. The van der Waals surface area contributed by atoms with Crippen molar-refractivity contribution in [3.63, 3.8) is 0 Å². The molecule has 2 unspecified atom stereocenters. The van der Waals surface area contributed by atoms with E-state index in [4.69, 9.17) is 15.2 Å². The van der Waals surface area contributed by atoms with Gasteiger partial charge in [0.05, 0.1) is 19.9 Å². The monoisotopic (exact) mass is 589 g/mol. The van der Waals surface area contributed by atoms with Crippen LogP contribution in [0.25, 0.3) is 0 Å². The van der Waals surface area contributed by atoms with Crippen LogP contribution in [0.5, 0.6) is 11.5 Å². The third-order valence-electron chi connectivity index (χ3n) is 8.36. The van der Waals surface area contributed by atoms with Gasteiger partial charge in [-0.1, -0.05) is 31.0 Å². The summed E-state index contributed by atoms with van der Waals surface area (Å²) in [6.07, 6.45) is 3.85. The maximum atomic E-state index is 14.3. The molecule has 0 spiro atoms. The summed E-state index contributed by atoms with van der Waals surface area (Å²) in [5.74, 6) is 0.195. The molecule has 1 aliphatic heterocycles. The molecule has 1 heterocycles. The van der Waals surface area contributed by atoms with Crippen molar-refractivity contribution in [1.29, 1.82) is 0 Å². The predicted molar refractivity (Wildman–Crippen MR) is 166 cm³/mol. The molecule has 2 aliphatic rings. The van der Waals surface area contributed by atoms with Crippen LogP contribution in [0.2, 0.25) is 0 Å². The summed E-state index contributed by atoms with van der Waals surface area (Å²) in [4.78, 5) is 31.0. The Morgan fingerprint density at radius 3 is 2.30 bits per heavy atom. The van der Waals surface area contributed by atoms with Crippen LogP contribution in [0.4, 0.5) is 15.8 Å². The number of anilines is 2. The van der Waals surface area contributed by atoms with Crippen LogP contribution >= 0.6 is 0 Å². The van der Waals surface area contributed by atoms with Crippen molar-refractivity contribution >= 4 is 23.2 Å². The van der Waals surface area contributed by atoms with Gasteiger partial charge in [0.15, 0.2) is 11.5 Å². The fourth-order valence-corrected chi connectivity index (χ4v) is 5.83. The number of nitrogens with two attached hydrogens (primary N) is 1. The summed E-state index contributed by atoms with van der Waals surface area (Å²) in [6.45, 7) is 3.35. The van der Waals surface area contributed by atoms with Gasteiger partial charge in [-0.05, 0) is 60.9 Å². The number of nitrogens with zero attached hydrogens (tertiary/aromatic N) is 2. The SMILES string of the molecule is COc1ccc(C(=O)Nc2cc(C(=O)NC3CCCCC3N)ccc2CN2CCN(c3ccccc3F)CC2)cc1OC. The fourth-order valence-electron chi connectivity index (χ4n) is 5.83. The molecule has 3 aromatic carbocycles. The van der Waals surface area contributed by atoms with Crippen molar-refractivity contribution in [2.45, 2.75) is 44.3 Å². The highest BCUT2D eigenvalue weighted by Gasteiger charge is 2.25. The topological polar surface area (TPSA) is 109 Å². The second-order valence-corrected chi connectivity index (χ2v) is 11.1. The lowest BCUT2D eigenvalue weighted by Crippen LogP contribution is -2.49. The number of carbonyl (C=O) groups is 2. The molecule has 5 rings (SSSR count). The largest absolute Gasteiger partial charge is 0.493 e. The number of rotatable bonds is 9. The first-order chi connectivity index (χ1) is 20.9. The first kappa shape index (κ1) is 30.3. The molecule has 2 atom stereocenters. The van der Waals surface area contributed by atoms with Crippen LogP contribution in [-0.2, 0) is 6.54 Å². The van der Waals surface area contributed by atoms with Gasteiger partial charge in [-0.3, -0.25) is 14.5 Å². The minimum Gasteiger partial charge on any atom is -0.493 e. The predicted octanol–water partition coefficient (Wildman–Crippen LogP) is 4.42. The van der Waals surface area contributed by atoms with Gasteiger partial charge in [-0.15, -0.1) is 0 Å². The molecule has 2 amide bonds. The van der Waals surface area contributed by atoms with Crippen LogP contribution in [0, 0.1) is 5.82 Å². The zero-order valence-electron chi connectivity index (χ0n) is 24.8. The molecular weight excluding hydrogens is 549 g/mol. The summed E-state index contributed by atoms with van der Waals surface area (Å²) in [6, 6.07) is 17.1. The Bertz CT molecular complexity index is 1440. The van der Waals surface area contributed by atoms with Crippen LogP contribution in [-0.4, -0.2) is 69.2 Å². The third-order valence-corrected chi connectivity index (χ3v) is 8.36. The van der Waals surface area contributed by atoms with Gasteiger partial charge in [0.25, 0.3) is 11.8 Å². The van der Waals surface area contributed by atoms with Gasteiger partial charge in [-0.25, -0.2) is 4.39 Å². The Hall–Kier alpha value is -4.15. The van der Waals surface area contributed by atoms with E-state index in [0.29, 0.717) is 53.6 Å². The average molecular weight is 590 g/mol. The number of halogens is 1. The van der Waals surface area contributed by atoms with Gasteiger partial charge in [-0.2, -0.15) is 0 Å². The Morgan fingerprint density at radius 2 is 1.58 bits per heavy atom. The molecule has 2 fully saturated rings. The van der Waals surface area contributed by atoms with Crippen molar-refractivity contribution in [3.05, 3.63) is 83.2 Å². The van der Waals surface area contributed by atoms with Crippen LogP contribution in [0.3, 0.4) is 0 Å².